The van der Waals surface area contributed by atoms with Gasteiger partial charge in [0.1, 0.15) is 22.8 Å². The van der Waals surface area contributed by atoms with Crippen LogP contribution in [0.2, 0.25) is 0 Å². The van der Waals surface area contributed by atoms with Gasteiger partial charge in [-0.25, -0.2) is 27.9 Å². The van der Waals surface area contributed by atoms with Crippen LogP contribution in [0.25, 0.3) is 11.0 Å². The molecule has 0 radical (unpaired) electrons. The molecule has 2 aliphatic rings. The van der Waals surface area contributed by atoms with E-state index in [-0.39, 0.29) is 22.6 Å². The fourth-order valence-corrected chi connectivity index (χ4v) is 5.59. The predicted molar refractivity (Wildman–Crippen MR) is 136 cm³/mol. The summed E-state index contributed by atoms with van der Waals surface area (Å²) in [6.45, 7) is 5.34. The SMILES string of the molecule is CC(=O)OC1=NN(C(C)C)c2cc3cnc(Nc4ccc(S(N)(=O)=O)cc4F)nc3n2C12CCCCC2. The molecule has 0 bridgehead atoms. The van der Waals surface area contributed by atoms with Crippen LogP contribution >= 0.6 is 0 Å². The molecule has 2 aromatic heterocycles. The minimum Gasteiger partial charge on any atom is -0.407 e. The number of fused-ring (bicyclic) bond motifs is 4. The number of ether oxygens (including phenoxy) is 1. The third kappa shape index (κ3) is 4.42. The summed E-state index contributed by atoms with van der Waals surface area (Å²) in [6.07, 6.45) is 5.99. The van der Waals surface area contributed by atoms with Crippen molar-refractivity contribution >= 4 is 50.4 Å². The number of carbonyl (C=O) groups is 1. The second-order valence-electron chi connectivity index (χ2n) is 9.65. The Labute approximate surface area is 213 Å². The highest BCUT2D eigenvalue weighted by atomic mass is 32.2. The number of nitrogens with zero attached hydrogens (tertiary/aromatic N) is 5. The van der Waals surface area contributed by atoms with E-state index >= 15 is 0 Å². The van der Waals surface area contributed by atoms with Crippen LogP contribution in [0.3, 0.4) is 0 Å². The molecule has 3 heterocycles. The fraction of sp³-hybridized carbons (Fsp3) is 0.417. The molecule has 0 saturated heterocycles. The molecule has 196 valence electrons. The smallest absolute Gasteiger partial charge is 0.309 e. The van der Waals surface area contributed by atoms with Gasteiger partial charge in [-0.2, -0.15) is 4.98 Å². The van der Waals surface area contributed by atoms with Crippen molar-refractivity contribution in [2.75, 3.05) is 10.3 Å². The minimum atomic E-state index is -4.04. The maximum atomic E-state index is 14.7. The average Bonchev–Trinajstić information content (AvgIpc) is 3.21. The Morgan fingerprint density at radius 1 is 1.22 bits per heavy atom. The standard InChI is InChI=1S/C24H28FN7O4S/c1-14(2)32-20-11-16-13-27-23(28-19-8-7-17(12-18(19)25)37(26,34)35)29-21(16)31(20)24(9-5-4-6-10-24)22(30-32)36-15(3)33/h7-8,11-14H,4-6,9-10H2,1-3H3,(H2,26,34,35)(H,27,28,29). The highest BCUT2D eigenvalue weighted by Crippen LogP contribution is 2.46. The van der Waals surface area contributed by atoms with Gasteiger partial charge in [0.15, 0.2) is 0 Å². The Morgan fingerprint density at radius 2 is 1.95 bits per heavy atom. The third-order valence-corrected chi connectivity index (χ3v) is 7.62. The topological polar surface area (TPSA) is 145 Å². The first kappa shape index (κ1) is 25.1. The number of hydrogen-bond donors (Lipinski definition) is 2. The molecule has 11 nitrogen and oxygen atoms in total. The van der Waals surface area contributed by atoms with Crippen LogP contribution in [0, 0.1) is 5.82 Å². The monoisotopic (exact) mass is 529 g/mol. The lowest BCUT2D eigenvalue weighted by Gasteiger charge is -2.44. The Balaban J connectivity index is 1.64. The zero-order chi connectivity index (χ0) is 26.5. The average molecular weight is 530 g/mol. The molecular weight excluding hydrogens is 501 g/mol. The van der Waals surface area contributed by atoms with E-state index in [1.54, 1.807) is 11.2 Å². The van der Waals surface area contributed by atoms with Crippen LogP contribution in [-0.4, -0.2) is 40.9 Å². The van der Waals surface area contributed by atoms with Gasteiger partial charge in [-0.1, -0.05) is 19.3 Å². The molecule has 37 heavy (non-hydrogen) atoms. The van der Waals surface area contributed by atoms with E-state index in [1.165, 1.54) is 19.1 Å². The van der Waals surface area contributed by atoms with Crippen LogP contribution < -0.4 is 15.5 Å². The molecule has 0 atom stereocenters. The van der Waals surface area contributed by atoms with Crippen molar-refractivity contribution in [2.24, 2.45) is 10.2 Å². The van der Waals surface area contributed by atoms with Crippen molar-refractivity contribution in [1.82, 2.24) is 14.5 Å². The third-order valence-electron chi connectivity index (χ3n) is 6.71. The number of esters is 1. The molecule has 13 heteroatoms. The number of hydrogen-bond acceptors (Lipinski definition) is 9. The number of sulfonamides is 1. The number of nitrogens with one attached hydrogen (secondary N) is 1. The Kier molecular flexibility index (Phi) is 6.15. The zero-order valence-corrected chi connectivity index (χ0v) is 21.5. The lowest BCUT2D eigenvalue weighted by atomic mass is 9.80. The first-order valence-corrected chi connectivity index (χ1v) is 13.6. The van der Waals surface area contributed by atoms with Crippen LogP contribution in [0.1, 0.15) is 52.9 Å². The van der Waals surface area contributed by atoms with Crippen molar-refractivity contribution in [3.8, 4) is 0 Å². The van der Waals surface area contributed by atoms with Crippen molar-refractivity contribution in [3.63, 3.8) is 0 Å². The number of carbonyl (C=O) groups excluding carboxylic acids is 1. The molecule has 1 aliphatic carbocycles. The van der Waals surface area contributed by atoms with Gasteiger partial charge in [-0.05, 0) is 51.0 Å². The second kappa shape index (κ2) is 9.06. The van der Waals surface area contributed by atoms with E-state index in [9.17, 15) is 17.6 Å². The van der Waals surface area contributed by atoms with E-state index in [1.807, 2.05) is 19.9 Å². The van der Waals surface area contributed by atoms with E-state index in [0.29, 0.717) is 11.5 Å². The number of anilines is 3. The first-order chi connectivity index (χ1) is 17.5. The van der Waals surface area contributed by atoms with E-state index < -0.39 is 27.3 Å². The largest absolute Gasteiger partial charge is 0.407 e. The highest BCUT2D eigenvalue weighted by molar-refractivity contribution is 7.89. The van der Waals surface area contributed by atoms with Gasteiger partial charge in [0.2, 0.25) is 21.9 Å². The molecule has 1 saturated carbocycles. The van der Waals surface area contributed by atoms with Crippen molar-refractivity contribution in [2.45, 2.75) is 69.4 Å². The van der Waals surface area contributed by atoms with E-state index in [0.717, 1.165) is 49.4 Å². The van der Waals surface area contributed by atoms with Gasteiger partial charge < -0.3 is 10.1 Å². The summed E-state index contributed by atoms with van der Waals surface area (Å²) in [7, 11) is -4.04. The number of halogens is 1. The Bertz CT molecular complexity index is 1530. The van der Waals surface area contributed by atoms with Gasteiger partial charge in [0.25, 0.3) is 0 Å². The van der Waals surface area contributed by atoms with Gasteiger partial charge >= 0.3 is 5.97 Å². The lowest BCUT2D eigenvalue weighted by Crippen LogP contribution is -2.51. The molecule has 3 N–H and O–H groups in total. The molecule has 3 aromatic rings. The Hall–Kier alpha value is -3.58. The van der Waals surface area contributed by atoms with Crippen LogP contribution in [0.15, 0.2) is 40.5 Å². The summed E-state index contributed by atoms with van der Waals surface area (Å²) in [5.74, 6) is 0.0116. The van der Waals surface area contributed by atoms with Crippen molar-refractivity contribution in [3.05, 3.63) is 36.3 Å². The molecule has 1 aromatic carbocycles. The fourth-order valence-electron chi connectivity index (χ4n) is 5.06. The maximum Gasteiger partial charge on any atom is 0.309 e. The number of aromatic nitrogens is 3. The van der Waals surface area contributed by atoms with Crippen LogP contribution in [-0.2, 0) is 25.1 Å². The van der Waals surface area contributed by atoms with Gasteiger partial charge in [0.05, 0.1) is 10.6 Å². The normalized spacial score (nSPS) is 17.1. The number of hydrazone groups is 1. The summed E-state index contributed by atoms with van der Waals surface area (Å²) in [5.41, 5.74) is -0.114. The zero-order valence-electron chi connectivity index (χ0n) is 20.7. The summed E-state index contributed by atoms with van der Waals surface area (Å²) >= 11 is 0. The second-order valence-corrected chi connectivity index (χ2v) is 11.2. The van der Waals surface area contributed by atoms with E-state index in [4.69, 9.17) is 20.0 Å². The summed E-state index contributed by atoms with van der Waals surface area (Å²) in [5, 5.41) is 15.3. The number of benzene rings is 1. The van der Waals surface area contributed by atoms with Crippen molar-refractivity contribution < 1.29 is 22.3 Å². The quantitative estimate of drug-likeness (QED) is 0.487. The Morgan fingerprint density at radius 3 is 2.57 bits per heavy atom. The van der Waals surface area contributed by atoms with Crippen molar-refractivity contribution in [1.29, 1.82) is 0 Å². The van der Waals surface area contributed by atoms with E-state index in [2.05, 4.69) is 14.9 Å². The number of rotatable bonds is 4. The summed E-state index contributed by atoms with van der Waals surface area (Å²) in [6, 6.07) is 5.23. The minimum absolute atomic E-state index is 0.00414. The lowest BCUT2D eigenvalue weighted by molar-refractivity contribution is -0.133. The molecule has 1 aliphatic heterocycles. The molecule has 0 amide bonds. The van der Waals surface area contributed by atoms with Crippen LogP contribution in [0.5, 0.6) is 0 Å². The van der Waals surface area contributed by atoms with Gasteiger partial charge in [-0.3, -0.25) is 9.36 Å². The highest BCUT2D eigenvalue weighted by Gasteiger charge is 2.48. The predicted octanol–water partition coefficient (Wildman–Crippen LogP) is 3.73. The molecule has 0 unspecified atom stereocenters. The molecular formula is C24H28FN7O4S. The molecule has 5 rings (SSSR count). The van der Waals surface area contributed by atoms with Crippen LogP contribution in [0.4, 0.5) is 21.8 Å². The number of primary sulfonamides is 1. The molecule has 1 spiro atoms. The molecule has 1 fully saturated rings. The summed E-state index contributed by atoms with van der Waals surface area (Å²) < 4.78 is 45.5. The maximum absolute atomic E-state index is 14.7. The summed E-state index contributed by atoms with van der Waals surface area (Å²) in [4.78, 5) is 20.8. The first-order valence-electron chi connectivity index (χ1n) is 12.0. The van der Waals surface area contributed by atoms with Gasteiger partial charge in [0, 0.05) is 24.5 Å². The van der Waals surface area contributed by atoms with Gasteiger partial charge in [-0.15, -0.1) is 5.10 Å². The number of nitrogens with two attached hydrogens (primary N) is 1.